The molecule has 0 bridgehead atoms. The molecule has 1 saturated heterocycles. The lowest BCUT2D eigenvalue weighted by molar-refractivity contribution is 0.525. The van der Waals surface area contributed by atoms with Crippen LogP contribution in [0.5, 0.6) is 0 Å². The fourth-order valence-corrected chi connectivity index (χ4v) is 3.17. The predicted molar refractivity (Wildman–Crippen MR) is 101 cm³/mol. The monoisotopic (exact) mass is 335 g/mol. The van der Waals surface area contributed by atoms with E-state index in [-0.39, 0.29) is 5.41 Å². The number of piperidine rings is 1. The molecule has 0 aliphatic carbocycles. The topological polar surface area (TPSA) is 64.8 Å². The van der Waals surface area contributed by atoms with Crippen molar-refractivity contribution in [1.82, 2.24) is 9.97 Å². The van der Waals surface area contributed by atoms with Crippen LogP contribution in [0.15, 0.2) is 36.7 Å². The van der Waals surface area contributed by atoms with Gasteiger partial charge >= 0.3 is 0 Å². The lowest BCUT2D eigenvalue weighted by Crippen LogP contribution is -2.39. The molecule has 5 heteroatoms. The Morgan fingerprint density at radius 1 is 1.08 bits per heavy atom. The Kier molecular flexibility index (Phi) is 4.89. The van der Waals surface area contributed by atoms with Crippen molar-refractivity contribution in [3.63, 3.8) is 0 Å². The molecule has 0 unspecified atom stereocenters. The van der Waals surface area contributed by atoms with E-state index >= 15 is 0 Å². The number of nitriles is 1. The van der Waals surface area contributed by atoms with Gasteiger partial charge in [0.2, 0.25) is 0 Å². The van der Waals surface area contributed by atoms with Gasteiger partial charge in [-0.3, -0.25) is 0 Å². The maximum Gasteiger partial charge on any atom is 0.182 e. The number of nitrogens with zero attached hydrogens (tertiary/aromatic N) is 4. The Labute approximate surface area is 149 Å². The highest BCUT2D eigenvalue weighted by atomic mass is 15.2. The average Bonchev–Trinajstić information content (AvgIpc) is 2.62. The van der Waals surface area contributed by atoms with Gasteiger partial charge < -0.3 is 10.2 Å². The Balaban J connectivity index is 1.59. The van der Waals surface area contributed by atoms with Crippen molar-refractivity contribution < 1.29 is 0 Å². The van der Waals surface area contributed by atoms with E-state index in [4.69, 9.17) is 5.26 Å². The first-order valence-corrected chi connectivity index (χ1v) is 8.80. The van der Waals surface area contributed by atoms with Crippen LogP contribution in [0.3, 0.4) is 0 Å². The first kappa shape index (κ1) is 17.2. The zero-order valence-electron chi connectivity index (χ0n) is 15.2. The summed E-state index contributed by atoms with van der Waals surface area (Å²) in [6, 6.07) is 11.3. The summed E-state index contributed by atoms with van der Waals surface area (Å²) in [5.74, 6) is 0.595. The summed E-state index contributed by atoms with van der Waals surface area (Å²) in [6.07, 6.45) is 5.20. The van der Waals surface area contributed by atoms with E-state index < -0.39 is 0 Å². The Morgan fingerprint density at radius 3 is 2.32 bits per heavy atom. The van der Waals surface area contributed by atoms with Gasteiger partial charge in [0.15, 0.2) is 11.5 Å². The molecule has 1 aliphatic heterocycles. The van der Waals surface area contributed by atoms with Gasteiger partial charge in [0.05, 0.1) is 0 Å². The van der Waals surface area contributed by atoms with Crippen molar-refractivity contribution in [2.45, 2.75) is 45.1 Å². The fourth-order valence-electron chi connectivity index (χ4n) is 3.17. The molecule has 130 valence electrons. The zero-order valence-corrected chi connectivity index (χ0v) is 15.2. The van der Waals surface area contributed by atoms with Crippen LogP contribution in [0.4, 0.5) is 11.5 Å². The van der Waals surface area contributed by atoms with Gasteiger partial charge in [-0.05, 0) is 36.0 Å². The van der Waals surface area contributed by atoms with Crippen LogP contribution in [0.2, 0.25) is 0 Å². The first-order chi connectivity index (χ1) is 12.0. The van der Waals surface area contributed by atoms with Gasteiger partial charge in [-0.2, -0.15) is 5.26 Å². The summed E-state index contributed by atoms with van der Waals surface area (Å²) in [4.78, 5) is 10.7. The molecule has 25 heavy (non-hydrogen) atoms. The molecule has 0 spiro atoms. The number of hydrogen-bond acceptors (Lipinski definition) is 5. The summed E-state index contributed by atoms with van der Waals surface area (Å²) in [5, 5.41) is 12.5. The molecule has 1 fully saturated rings. The summed E-state index contributed by atoms with van der Waals surface area (Å²) in [6.45, 7) is 8.70. The molecular weight excluding hydrogens is 310 g/mol. The smallest absolute Gasteiger partial charge is 0.182 e. The van der Waals surface area contributed by atoms with E-state index in [1.807, 2.05) is 0 Å². The van der Waals surface area contributed by atoms with Gasteiger partial charge in [0.1, 0.15) is 6.07 Å². The second-order valence-electron chi connectivity index (χ2n) is 7.57. The third-order valence-corrected chi connectivity index (χ3v) is 4.74. The van der Waals surface area contributed by atoms with Gasteiger partial charge in [0, 0.05) is 37.2 Å². The second kappa shape index (κ2) is 7.10. The van der Waals surface area contributed by atoms with Crippen LogP contribution in [-0.4, -0.2) is 29.1 Å². The maximum atomic E-state index is 9.12. The van der Waals surface area contributed by atoms with Crippen LogP contribution in [-0.2, 0) is 5.41 Å². The van der Waals surface area contributed by atoms with E-state index in [1.165, 1.54) is 11.3 Å². The molecule has 5 nitrogen and oxygen atoms in total. The summed E-state index contributed by atoms with van der Waals surface area (Å²) >= 11 is 0. The summed E-state index contributed by atoms with van der Waals surface area (Å²) in [5.41, 5.74) is 3.19. The minimum absolute atomic E-state index is 0.185. The zero-order chi connectivity index (χ0) is 17.9. The SMILES string of the molecule is CC(C)(C)c1ccc(N2CCC(Nc3nccnc3C#N)CC2)cc1. The highest BCUT2D eigenvalue weighted by Gasteiger charge is 2.21. The first-order valence-electron chi connectivity index (χ1n) is 8.80. The van der Waals surface area contributed by atoms with Crippen molar-refractivity contribution in [1.29, 1.82) is 5.26 Å². The van der Waals surface area contributed by atoms with Crippen molar-refractivity contribution in [3.8, 4) is 6.07 Å². The molecule has 1 N–H and O–H groups in total. The summed E-state index contributed by atoms with van der Waals surface area (Å²) < 4.78 is 0. The van der Waals surface area contributed by atoms with Crippen molar-refractivity contribution in [2.75, 3.05) is 23.3 Å². The Bertz CT molecular complexity index is 747. The molecule has 1 aromatic carbocycles. The lowest BCUT2D eigenvalue weighted by Gasteiger charge is -2.34. The number of aromatic nitrogens is 2. The maximum absolute atomic E-state index is 9.12. The molecule has 2 aromatic rings. The summed E-state index contributed by atoms with van der Waals surface area (Å²) in [7, 11) is 0. The molecule has 1 aliphatic rings. The minimum atomic E-state index is 0.185. The lowest BCUT2D eigenvalue weighted by atomic mass is 9.87. The number of benzene rings is 1. The van der Waals surface area contributed by atoms with Gasteiger partial charge in [0.25, 0.3) is 0 Å². The van der Waals surface area contributed by atoms with E-state index in [0.717, 1.165) is 25.9 Å². The number of nitrogens with one attached hydrogen (secondary N) is 1. The highest BCUT2D eigenvalue weighted by molar-refractivity contribution is 5.50. The molecule has 0 saturated carbocycles. The molecule has 0 atom stereocenters. The van der Waals surface area contributed by atoms with Crippen LogP contribution in [0, 0.1) is 11.3 Å². The normalized spacial score (nSPS) is 15.7. The van der Waals surface area contributed by atoms with E-state index in [0.29, 0.717) is 17.6 Å². The van der Waals surface area contributed by atoms with Crippen LogP contribution in [0.25, 0.3) is 0 Å². The molecule has 1 aromatic heterocycles. The van der Waals surface area contributed by atoms with Gasteiger partial charge in [-0.1, -0.05) is 32.9 Å². The van der Waals surface area contributed by atoms with Crippen LogP contribution >= 0.6 is 0 Å². The van der Waals surface area contributed by atoms with E-state index in [9.17, 15) is 0 Å². The molecule has 2 heterocycles. The number of hydrogen-bond donors (Lipinski definition) is 1. The molecular formula is C20H25N5. The second-order valence-corrected chi connectivity index (χ2v) is 7.57. The molecule has 0 amide bonds. The van der Waals surface area contributed by atoms with Crippen LogP contribution < -0.4 is 10.2 Å². The van der Waals surface area contributed by atoms with Crippen molar-refractivity contribution in [2.24, 2.45) is 0 Å². The standard InChI is InChI=1S/C20H25N5/c1-20(2,3)15-4-6-17(7-5-15)25-12-8-16(9-13-25)24-19-18(14-21)22-10-11-23-19/h4-7,10-11,16H,8-9,12-13H2,1-3H3,(H,23,24). The van der Waals surface area contributed by atoms with Gasteiger partial charge in [-0.25, -0.2) is 9.97 Å². The predicted octanol–water partition coefficient (Wildman–Crippen LogP) is 3.73. The van der Waals surface area contributed by atoms with Crippen molar-refractivity contribution >= 4 is 11.5 Å². The Hall–Kier alpha value is -2.61. The Morgan fingerprint density at radius 2 is 1.72 bits per heavy atom. The quantitative estimate of drug-likeness (QED) is 0.926. The minimum Gasteiger partial charge on any atom is -0.371 e. The molecule has 3 rings (SSSR count). The average molecular weight is 335 g/mol. The van der Waals surface area contributed by atoms with Gasteiger partial charge in [-0.15, -0.1) is 0 Å². The largest absolute Gasteiger partial charge is 0.371 e. The van der Waals surface area contributed by atoms with E-state index in [1.54, 1.807) is 12.4 Å². The molecule has 0 radical (unpaired) electrons. The van der Waals surface area contributed by atoms with E-state index in [2.05, 4.69) is 71.3 Å². The highest BCUT2D eigenvalue weighted by Crippen LogP contribution is 2.27. The van der Waals surface area contributed by atoms with Crippen molar-refractivity contribution in [3.05, 3.63) is 47.9 Å². The third-order valence-electron chi connectivity index (χ3n) is 4.74. The third kappa shape index (κ3) is 4.08. The number of rotatable bonds is 3. The fraction of sp³-hybridized carbons (Fsp3) is 0.450. The number of anilines is 2. The van der Waals surface area contributed by atoms with Crippen LogP contribution in [0.1, 0.15) is 44.9 Å².